The van der Waals surface area contributed by atoms with Gasteiger partial charge in [-0.05, 0) is 19.9 Å². The minimum Gasteiger partial charge on any atom is -0.394 e. The molecule has 13 heavy (non-hydrogen) atoms. The minimum atomic E-state index is -0.349. The number of aliphatic imine (C=N–C) groups is 1. The van der Waals surface area contributed by atoms with Crippen LogP contribution in [0.15, 0.2) is 16.1 Å². The maximum atomic E-state index is 5.59. The van der Waals surface area contributed by atoms with Crippen LogP contribution in [0, 0.1) is 0 Å². The van der Waals surface area contributed by atoms with Gasteiger partial charge in [0.15, 0.2) is 7.12 Å². The molecule has 70 valence electrons. The number of nitrogens with zero attached hydrogens (tertiary/aromatic N) is 1. The fraction of sp³-hybridized carbons (Fsp3) is 0.625. The van der Waals surface area contributed by atoms with Crippen LogP contribution in [-0.4, -0.2) is 31.6 Å². The third-order valence-electron chi connectivity index (χ3n) is 1.87. The quantitative estimate of drug-likeness (QED) is 0.666. The van der Waals surface area contributed by atoms with Crippen LogP contribution in [-0.2, 0) is 4.74 Å². The minimum absolute atomic E-state index is 0.349. The lowest BCUT2D eigenvalue weighted by atomic mass is 10.0. The molecule has 0 fully saturated rings. The predicted octanol–water partition coefficient (Wildman–Crippen LogP) is 0.853. The van der Waals surface area contributed by atoms with Crippen molar-refractivity contribution in [3.05, 3.63) is 11.1 Å². The maximum Gasteiger partial charge on any atom is 0.170 e. The summed E-state index contributed by atoms with van der Waals surface area (Å²) in [6, 6.07) is 0. The van der Waals surface area contributed by atoms with Crippen LogP contribution in [0.5, 0.6) is 0 Å². The third-order valence-corrected chi connectivity index (χ3v) is 2.26. The summed E-state index contributed by atoms with van der Waals surface area (Å²) in [7, 11) is 5.31. The molecule has 0 aromatic carbocycles. The van der Waals surface area contributed by atoms with Crippen molar-refractivity contribution in [2.75, 3.05) is 13.2 Å². The van der Waals surface area contributed by atoms with Gasteiger partial charge >= 0.3 is 0 Å². The van der Waals surface area contributed by atoms with Gasteiger partial charge in [0.05, 0.1) is 23.9 Å². The number of hydrogen-bond acceptors (Lipinski definition) is 4. The van der Waals surface area contributed by atoms with Crippen LogP contribution in [0.4, 0.5) is 0 Å². The Morgan fingerprint density at radius 2 is 2.46 bits per heavy atom. The molecule has 3 nitrogen and oxygen atoms in total. The number of rotatable bonds is 2. The van der Waals surface area contributed by atoms with E-state index in [2.05, 4.69) is 4.99 Å². The van der Waals surface area contributed by atoms with E-state index in [4.69, 9.17) is 17.6 Å². The van der Waals surface area contributed by atoms with Gasteiger partial charge in [0.2, 0.25) is 0 Å². The second-order valence-electron chi connectivity index (χ2n) is 3.29. The molecule has 2 radical (unpaired) electrons. The van der Waals surface area contributed by atoms with Gasteiger partial charge in [-0.2, -0.15) is 11.6 Å². The first-order chi connectivity index (χ1) is 6.06. The molecule has 5 heteroatoms. The standard InChI is InChI=1S/C8H13BN2OS/c1-8(2)6(5-7(10)13-9)11-3-4-12-8/h5H,3-4,10H2,1-2H3. The van der Waals surface area contributed by atoms with Gasteiger partial charge in [0.1, 0.15) is 5.60 Å². The highest BCUT2D eigenvalue weighted by Gasteiger charge is 2.26. The second-order valence-corrected chi connectivity index (χ2v) is 4.00. The highest BCUT2D eigenvalue weighted by atomic mass is 32.2. The fourth-order valence-electron chi connectivity index (χ4n) is 1.12. The van der Waals surface area contributed by atoms with Crippen molar-refractivity contribution in [3.63, 3.8) is 0 Å². The summed E-state index contributed by atoms with van der Waals surface area (Å²) in [4.78, 5) is 4.34. The molecule has 0 aromatic rings. The van der Waals surface area contributed by atoms with Crippen molar-refractivity contribution in [2.24, 2.45) is 10.7 Å². The molecule has 1 aliphatic rings. The monoisotopic (exact) mass is 196 g/mol. The Balaban J connectivity index is 2.83. The topological polar surface area (TPSA) is 47.6 Å². The molecule has 1 rings (SSSR count). The molecule has 1 heterocycles. The lowest BCUT2D eigenvalue weighted by molar-refractivity contribution is 0.0322. The highest BCUT2D eigenvalue weighted by Crippen LogP contribution is 2.18. The van der Waals surface area contributed by atoms with E-state index in [0.717, 1.165) is 17.3 Å². The van der Waals surface area contributed by atoms with Crippen molar-refractivity contribution in [1.29, 1.82) is 0 Å². The first-order valence-corrected chi connectivity index (χ1v) is 4.97. The van der Waals surface area contributed by atoms with Gasteiger partial charge in [-0.1, -0.05) is 0 Å². The Kier molecular flexibility index (Phi) is 3.44. The molecule has 0 saturated heterocycles. The third kappa shape index (κ3) is 2.77. The zero-order valence-electron chi connectivity index (χ0n) is 7.91. The largest absolute Gasteiger partial charge is 0.394 e. The molecule has 0 amide bonds. The Labute approximate surface area is 84.1 Å². The van der Waals surface area contributed by atoms with Gasteiger partial charge in [0, 0.05) is 0 Å². The number of nitrogens with two attached hydrogens (primary N) is 1. The van der Waals surface area contributed by atoms with Crippen LogP contribution >= 0.6 is 11.6 Å². The van der Waals surface area contributed by atoms with E-state index in [1.54, 1.807) is 6.08 Å². The lowest BCUT2D eigenvalue weighted by Crippen LogP contribution is -2.38. The Bertz CT molecular complexity index is 251. The van der Waals surface area contributed by atoms with Crippen LogP contribution in [0.3, 0.4) is 0 Å². The molecular formula is C8H13BN2OS. The highest BCUT2D eigenvalue weighted by molar-refractivity contribution is 8.22. The van der Waals surface area contributed by atoms with Crippen molar-refractivity contribution < 1.29 is 4.74 Å². The van der Waals surface area contributed by atoms with E-state index in [-0.39, 0.29) is 5.60 Å². The molecule has 0 aromatic heterocycles. The Morgan fingerprint density at radius 3 is 3.00 bits per heavy atom. The summed E-state index contributed by atoms with van der Waals surface area (Å²) in [6.45, 7) is 5.30. The van der Waals surface area contributed by atoms with Gasteiger partial charge in [-0.25, -0.2) is 0 Å². The van der Waals surface area contributed by atoms with E-state index in [1.807, 2.05) is 13.8 Å². The molecule has 0 atom stereocenters. The van der Waals surface area contributed by atoms with Crippen molar-refractivity contribution >= 4 is 24.4 Å². The Morgan fingerprint density at radius 1 is 1.77 bits per heavy atom. The molecular weight excluding hydrogens is 183 g/mol. The van der Waals surface area contributed by atoms with Crippen molar-refractivity contribution in [2.45, 2.75) is 19.4 Å². The number of ether oxygens (including phenoxy) is 1. The smallest absolute Gasteiger partial charge is 0.170 e. The average molecular weight is 196 g/mol. The molecule has 0 aliphatic carbocycles. The van der Waals surface area contributed by atoms with Gasteiger partial charge in [0.25, 0.3) is 0 Å². The SMILES string of the molecule is [B]SC(N)=CC1=NCCOC1(C)C. The molecule has 0 saturated carbocycles. The summed E-state index contributed by atoms with van der Waals surface area (Å²) in [5.41, 5.74) is 6.09. The van der Waals surface area contributed by atoms with Crippen LogP contribution < -0.4 is 5.73 Å². The van der Waals surface area contributed by atoms with Crippen molar-refractivity contribution in [3.8, 4) is 0 Å². The summed E-state index contributed by atoms with van der Waals surface area (Å²) in [6.07, 6.45) is 1.77. The Hall–Kier alpha value is -0.415. The van der Waals surface area contributed by atoms with E-state index in [0.29, 0.717) is 18.2 Å². The zero-order valence-corrected chi connectivity index (χ0v) is 8.73. The molecule has 0 spiro atoms. The predicted molar refractivity (Wildman–Crippen MR) is 57.9 cm³/mol. The molecule has 0 bridgehead atoms. The first kappa shape index (κ1) is 10.7. The van der Waals surface area contributed by atoms with Crippen LogP contribution in [0.25, 0.3) is 0 Å². The summed E-state index contributed by atoms with van der Waals surface area (Å²) >= 11 is 1.02. The van der Waals surface area contributed by atoms with E-state index in [1.165, 1.54) is 0 Å². The molecule has 0 unspecified atom stereocenters. The molecule has 1 aliphatic heterocycles. The van der Waals surface area contributed by atoms with Crippen molar-refractivity contribution in [1.82, 2.24) is 0 Å². The first-order valence-electron chi connectivity index (χ1n) is 4.09. The van der Waals surface area contributed by atoms with E-state index < -0.39 is 0 Å². The maximum absolute atomic E-state index is 5.59. The fourth-order valence-corrected chi connectivity index (χ4v) is 1.30. The summed E-state index contributed by atoms with van der Waals surface area (Å²) in [5.74, 6) is 0. The average Bonchev–Trinajstić information content (AvgIpc) is 2.08. The van der Waals surface area contributed by atoms with E-state index >= 15 is 0 Å². The van der Waals surface area contributed by atoms with E-state index in [9.17, 15) is 0 Å². The number of hydrogen-bond donors (Lipinski definition) is 1. The lowest BCUT2D eigenvalue weighted by Gasteiger charge is -2.29. The normalized spacial score (nSPS) is 22.6. The zero-order chi connectivity index (χ0) is 9.90. The second kappa shape index (κ2) is 4.20. The summed E-state index contributed by atoms with van der Waals surface area (Å²) in [5, 5.41) is 0.553. The van der Waals surface area contributed by atoms with Crippen LogP contribution in [0.1, 0.15) is 13.8 Å². The van der Waals surface area contributed by atoms with Gasteiger partial charge in [-0.3, -0.25) is 4.99 Å². The van der Waals surface area contributed by atoms with Gasteiger partial charge in [-0.15, -0.1) is 0 Å². The molecule has 2 N–H and O–H groups in total. The van der Waals surface area contributed by atoms with Crippen LogP contribution in [0.2, 0.25) is 0 Å². The van der Waals surface area contributed by atoms with Gasteiger partial charge < -0.3 is 10.5 Å². The summed E-state index contributed by atoms with van der Waals surface area (Å²) < 4.78 is 5.54.